The molecule has 146 valence electrons. The number of hydrogen-bond acceptors (Lipinski definition) is 4. The molecule has 0 amide bonds. The largest absolute Gasteiger partial charge is 0.394 e. The Morgan fingerprint density at radius 3 is 1.29 bits per heavy atom. The molecule has 3 aromatic carbocycles. The zero-order valence-corrected chi connectivity index (χ0v) is 15.8. The van der Waals surface area contributed by atoms with E-state index in [9.17, 15) is 15.3 Å². The van der Waals surface area contributed by atoms with Crippen LogP contribution in [0.1, 0.15) is 34.9 Å². The van der Waals surface area contributed by atoms with E-state index < -0.39 is 12.2 Å². The van der Waals surface area contributed by atoms with Crippen molar-refractivity contribution in [3.63, 3.8) is 0 Å². The Labute approximate surface area is 166 Å². The van der Waals surface area contributed by atoms with Gasteiger partial charge in [-0.1, -0.05) is 91.0 Å². The molecule has 0 spiro atoms. The Morgan fingerprint density at radius 1 is 0.571 bits per heavy atom. The van der Waals surface area contributed by atoms with Crippen LogP contribution in [0.4, 0.5) is 0 Å². The van der Waals surface area contributed by atoms with Gasteiger partial charge in [0.15, 0.2) is 0 Å². The number of nitrogens with zero attached hydrogens (tertiary/aromatic N) is 1. The van der Waals surface area contributed by atoms with Gasteiger partial charge in [-0.3, -0.25) is 4.90 Å². The van der Waals surface area contributed by atoms with Gasteiger partial charge in [-0.05, 0) is 16.7 Å². The first-order valence-corrected chi connectivity index (χ1v) is 9.55. The molecule has 0 aliphatic carbocycles. The lowest BCUT2D eigenvalue weighted by Crippen LogP contribution is -2.37. The summed E-state index contributed by atoms with van der Waals surface area (Å²) in [6.07, 6.45) is -1.44. The molecule has 0 saturated heterocycles. The van der Waals surface area contributed by atoms with Gasteiger partial charge >= 0.3 is 0 Å². The zero-order chi connectivity index (χ0) is 19.8. The van der Waals surface area contributed by atoms with Crippen LogP contribution >= 0.6 is 0 Å². The predicted octanol–water partition coefficient (Wildman–Crippen LogP) is 3.49. The van der Waals surface area contributed by atoms with Crippen molar-refractivity contribution in [1.29, 1.82) is 0 Å². The van der Waals surface area contributed by atoms with E-state index in [1.165, 1.54) is 0 Å². The summed E-state index contributed by atoms with van der Waals surface area (Å²) in [7, 11) is 0. The summed E-state index contributed by atoms with van der Waals surface area (Å²) in [5.41, 5.74) is 2.57. The number of benzene rings is 3. The molecule has 0 aliphatic heterocycles. The minimum Gasteiger partial charge on any atom is -0.394 e. The highest BCUT2D eigenvalue weighted by molar-refractivity contribution is 5.22. The topological polar surface area (TPSA) is 63.9 Å². The van der Waals surface area contributed by atoms with Crippen LogP contribution < -0.4 is 0 Å². The third kappa shape index (κ3) is 5.27. The number of aliphatic hydroxyl groups is 3. The Morgan fingerprint density at radius 2 is 0.929 bits per heavy atom. The first-order chi connectivity index (χ1) is 13.7. The van der Waals surface area contributed by atoms with Crippen LogP contribution in [-0.4, -0.2) is 39.9 Å². The molecule has 0 radical (unpaired) electrons. The van der Waals surface area contributed by atoms with Gasteiger partial charge in [0.25, 0.3) is 0 Å². The van der Waals surface area contributed by atoms with E-state index in [4.69, 9.17) is 0 Å². The van der Waals surface area contributed by atoms with Gasteiger partial charge in [-0.2, -0.15) is 0 Å². The van der Waals surface area contributed by atoms with Crippen molar-refractivity contribution in [2.45, 2.75) is 18.2 Å². The summed E-state index contributed by atoms with van der Waals surface area (Å²) in [5, 5.41) is 31.6. The highest BCUT2D eigenvalue weighted by atomic mass is 16.3. The van der Waals surface area contributed by atoms with Gasteiger partial charge in [-0.15, -0.1) is 0 Å². The minimum atomic E-state index is -0.720. The van der Waals surface area contributed by atoms with Crippen molar-refractivity contribution in [3.05, 3.63) is 108 Å². The number of rotatable bonds is 9. The first-order valence-electron chi connectivity index (χ1n) is 9.55. The van der Waals surface area contributed by atoms with E-state index in [-0.39, 0.29) is 12.6 Å². The Balaban J connectivity index is 1.84. The molecular formula is C24H27NO3. The molecule has 28 heavy (non-hydrogen) atoms. The normalized spacial score (nSPS) is 14.6. The number of aliphatic hydroxyl groups excluding tert-OH is 3. The molecule has 0 heterocycles. The maximum atomic E-state index is 10.8. The molecule has 0 bridgehead atoms. The molecule has 3 aromatic rings. The molecule has 0 unspecified atom stereocenters. The van der Waals surface area contributed by atoms with E-state index in [1.54, 1.807) is 0 Å². The lowest BCUT2D eigenvalue weighted by molar-refractivity contribution is 0.0256. The van der Waals surface area contributed by atoms with Crippen molar-refractivity contribution >= 4 is 0 Å². The Hall–Kier alpha value is -2.50. The maximum absolute atomic E-state index is 10.8. The Bertz CT molecular complexity index is 764. The monoisotopic (exact) mass is 377 g/mol. The predicted molar refractivity (Wildman–Crippen MR) is 111 cm³/mol. The molecule has 0 saturated carbocycles. The van der Waals surface area contributed by atoms with Crippen molar-refractivity contribution < 1.29 is 15.3 Å². The summed E-state index contributed by atoms with van der Waals surface area (Å²) >= 11 is 0. The minimum absolute atomic E-state index is 0.104. The molecule has 4 heteroatoms. The lowest BCUT2D eigenvalue weighted by Gasteiger charge is -2.34. The van der Waals surface area contributed by atoms with Crippen LogP contribution in [0.5, 0.6) is 0 Å². The fourth-order valence-corrected chi connectivity index (χ4v) is 3.44. The van der Waals surface area contributed by atoms with Gasteiger partial charge in [0.2, 0.25) is 0 Å². The standard InChI is InChI=1S/C24H27NO3/c26-18-22(19-10-4-1-5-11-19)25(16-23(27)20-12-6-2-7-13-20)17-24(28)21-14-8-3-9-15-21/h1-15,22-24,26-28H,16-18H2/t22-,23-,24-/m0/s1. The highest BCUT2D eigenvalue weighted by Gasteiger charge is 2.25. The molecule has 0 fully saturated rings. The van der Waals surface area contributed by atoms with E-state index in [0.717, 1.165) is 16.7 Å². The average molecular weight is 377 g/mol. The van der Waals surface area contributed by atoms with Gasteiger partial charge in [0.05, 0.1) is 24.9 Å². The second-order valence-corrected chi connectivity index (χ2v) is 6.92. The van der Waals surface area contributed by atoms with Crippen LogP contribution in [-0.2, 0) is 0 Å². The van der Waals surface area contributed by atoms with Crippen LogP contribution in [0.25, 0.3) is 0 Å². The smallest absolute Gasteiger partial charge is 0.0917 e. The van der Waals surface area contributed by atoms with Gasteiger partial charge < -0.3 is 15.3 Å². The van der Waals surface area contributed by atoms with Crippen LogP contribution in [0, 0.1) is 0 Å². The third-order valence-corrected chi connectivity index (χ3v) is 4.98. The average Bonchev–Trinajstić information content (AvgIpc) is 2.76. The van der Waals surface area contributed by atoms with Gasteiger partial charge in [0, 0.05) is 13.1 Å². The van der Waals surface area contributed by atoms with E-state index >= 15 is 0 Å². The van der Waals surface area contributed by atoms with E-state index in [0.29, 0.717) is 13.1 Å². The SMILES string of the molecule is OC[C@@H](c1ccccc1)N(C[C@H](O)c1ccccc1)C[C@H](O)c1ccccc1. The third-order valence-electron chi connectivity index (χ3n) is 4.98. The van der Waals surface area contributed by atoms with Crippen molar-refractivity contribution in [1.82, 2.24) is 4.90 Å². The second kappa shape index (κ2) is 10.2. The summed E-state index contributed by atoms with van der Waals surface area (Å²) in [6.45, 7) is 0.495. The maximum Gasteiger partial charge on any atom is 0.0917 e. The Kier molecular flexibility index (Phi) is 7.34. The molecule has 0 aliphatic rings. The summed E-state index contributed by atoms with van der Waals surface area (Å²) < 4.78 is 0. The molecule has 4 nitrogen and oxygen atoms in total. The van der Waals surface area contributed by atoms with Crippen molar-refractivity contribution in [2.24, 2.45) is 0 Å². The lowest BCUT2D eigenvalue weighted by atomic mass is 10.0. The van der Waals surface area contributed by atoms with Crippen LogP contribution in [0.15, 0.2) is 91.0 Å². The van der Waals surface area contributed by atoms with Crippen molar-refractivity contribution in [2.75, 3.05) is 19.7 Å². The van der Waals surface area contributed by atoms with Crippen molar-refractivity contribution in [3.8, 4) is 0 Å². The van der Waals surface area contributed by atoms with E-state index in [1.807, 2.05) is 95.9 Å². The molecular weight excluding hydrogens is 350 g/mol. The van der Waals surface area contributed by atoms with Gasteiger partial charge in [-0.25, -0.2) is 0 Å². The molecule has 3 N–H and O–H groups in total. The second-order valence-electron chi connectivity index (χ2n) is 6.92. The van der Waals surface area contributed by atoms with Gasteiger partial charge in [0.1, 0.15) is 0 Å². The fourth-order valence-electron chi connectivity index (χ4n) is 3.44. The summed E-state index contributed by atoms with van der Waals surface area (Å²) in [5.74, 6) is 0. The fraction of sp³-hybridized carbons (Fsp3) is 0.250. The zero-order valence-electron chi connectivity index (χ0n) is 15.8. The highest BCUT2D eigenvalue weighted by Crippen LogP contribution is 2.26. The number of hydrogen-bond donors (Lipinski definition) is 3. The summed E-state index contributed by atoms with van der Waals surface area (Å²) in [4.78, 5) is 1.95. The van der Waals surface area contributed by atoms with E-state index in [2.05, 4.69) is 0 Å². The molecule has 3 atom stereocenters. The summed E-state index contributed by atoms with van der Waals surface area (Å²) in [6, 6.07) is 28.3. The quantitative estimate of drug-likeness (QED) is 0.534. The molecule has 0 aromatic heterocycles. The van der Waals surface area contributed by atoms with Crippen LogP contribution in [0.3, 0.4) is 0 Å². The van der Waals surface area contributed by atoms with Crippen LogP contribution in [0.2, 0.25) is 0 Å². The molecule has 3 rings (SSSR count). The first kappa shape index (κ1) is 20.2.